The fourth-order valence-electron chi connectivity index (χ4n) is 3.69. The van der Waals surface area contributed by atoms with Crippen LogP contribution in [0, 0.1) is 6.92 Å². The molecule has 0 amide bonds. The van der Waals surface area contributed by atoms with E-state index in [1.165, 1.54) is 6.07 Å². The topological polar surface area (TPSA) is 96.6 Å². The zero-order chi connectivity index (χ0) is 23.5. The van der Waals surface area contributed by atoms with Crippen LogP contribution in [0.5, 0.6) is 11.5 Å². The van der Waals surface area contributed by atoms with Crippen LogP contribution in [0.3, 0.4) is 0 Å². The highest BCUT2D eigenvalue weighted by Crippen LogP contribution is 2.32. The number of hydrogen-bond donors (Lipinski definition) is 0. The quantitative estimate of drug-likeness (QED) is 0.227. The van der Waals surface area contributed by atoms with E-state index in [-0.39, 0.29) is 20.0 Å². The van der Waals surface area contributed by atoms with Crippen molar-refractivity contribution >= 4 is 22.7 Å². The summed E-state index contributed by atoms with van der Waals surface area (Å²) in [6, 6.07) is 10.6. The van der Waals surface area contributed by atoms with Gasteiger partial charge in [-0.3, -0.25) is 0 Å². The lowest BCUT2D eigenvalue weighted by molar-refractivity contribution is -0.150. The molecular formula is C25H25NO7. The van der Waals surface area contributed by atoms with Crippen LogP contribution in [0.4, 0.5) is 0 Å². The van der Waals surface area contributed by atoms with Crippen LogP contribution < -0.4 is 15.1 Å². The molecule has 172 valence electrons. The van der Waals surface area contributed by atoms with Crippen LogP contribution in [0.1, 0.15) is 48.9 Å². The summed E-state index contributed by atoms with van der Waals surface area (Å²) >= 11 is 0. The Kier molecular flexibility index (Phi) is 6.35. The number of aryl methyl sites for hydroxylation is 1. The summed E-state index contributed by atoms with van der Waals surface area (Å²) in [5.41, 5.74) is 4.09. The van der Waals surface area contributed by atoms with Crippen molar-refractivity contribution in [2.45, 2.75) is 40.2 Å². The molecule has 0 radical (unpaired) electrons. The van der Waals surface area contributed by atoms with E-state index >= 15 is 0 Å². The summed E-state index contributed by atoms with van der Waals surface area (Å²) in [6.07, 6.45) is 0. The highest BCUT2D eigenvalue weighted by molar-refractivity contribution is 5.99. The number of carbonyl (C=O) groups excluding carboxylic acids is 1. The van der Waals surface area contributed by atoms with Gasteiger partial charge in [0.25, 0.3) is 0 Å². The number of esters is 1. The second kappa shape index (κ2) is 9.36. The molecule has 0 unspecified atom stereocenters. The summed E-state index contributed by atoms with van der Waals surface area (Å²) < 4.78 is 21.3. The van der Waals surface area contributed by atoms with Gasteiger partial charge in [-0.05, 0) is 61.2 Å². The molecule has 0 spiro atoms. The van der Waals surface area contributed by atoms with Gasteiger partial charge in [0.05, 0.1) is 5.71 Å². The Hall–Kier alpha value is -3.81. The van der Waals surface area contributed by atoms with E-state index in [0.717, 1.165) is 22.1 Å². The van der Waals surface area contributed by atoms with Gasteiger partial charge >= 0.3 is 11.6 Å². The summed E-state index contributed by atoms with van der Waals surface area (Å²) in [6.45, 7) is 7.67. The van der Waals surface area contributed by atoms with Gasteiger partial charge < -0.3 is 23.5 Å². The van der Waals surface area contributed by atoms with Crippen molar-refractivity contribution in [2.75, 3.05) is 13.4 Å². The van der Waals surface area contributed by atoms with Crippen molar-refractivity contribution in [3.8, 4) is 11.5 Å². The Morgan fingerprint density at radius 3 is 2.70 bits per heavy atom. The van der Waals surface area contributed by atoms with E-state index in [2.05, 4.69) is 19.0 Å². The molecule has 8 nitrogen and oxygen atoms in total. The van der Waals surface area contributed by atoms with E-state index in [0.29, 0.717) is 34.3 Å². The largest absolute Gasteiger partial charge is 0.458 e. The first-order chi connectivity index (χ1) is 15.8. The van der Waals surface area contributed by atoms with Gasteiger partial charge in [0.1, 0.15) is 12.2 Å². The lowest BCUT2D eigenvalue weighted by Gasteiger charge is -2.13. The lowest BCUT2D eigenvalue weighted by atomic mass is 9.95. The highest BCUT2D eigenvalue weighted by atomic mass is 16.7. The number of hydrogen-bond acceptors (Lipinski definition) is 8. The van der Waals surface area contributed by atoms with Crippen LogP contribution in [0.2, 0.25) is 0 Å². The van der Waals surface area contributed by atoms with E-state index in [4.69, 9.17) is 23.5 Å². The molecule has 3 aromatic rings. The second-order valence-corrected chi connectivity index (χ2v) is 8.13. The third-order valence-electron chi connectivity index (χ3n) is 5.40. The maximum atomic E-state index is 12.2. The Balaban J connectivity index is 1.40. The molecule has 0 saturated heterocycles. The number of oxime groups is 1. The Labute approximate surface area is 190 Å². The lowest BCUT2D eigenvalue weighted by Crippen LogP contribution is -2.13. The minimum absolute atomic E-state index is 0.0737. The predicted octanol–water partition coefficient (Wildman–Crippen LogP) is 4.44. The first-order valence-electron chi connectivity index (χ1n) is 10.6. The van der Waals surface area contributed by atoms with Gasteiger partial charge in [0, 0.05) is 22.6 Å². The van der Waals surface area contributed by atoms with Crippen molar-refractivity contribution in [1.29, 1.82) is 0 Å². The van der Waals surface area contributed by atoms with Crippen molar-refractivity contribution < 1.29 is 28.3 Å². The van der Waals surface area contributed by atoms with Gasteiger partial charge in [-0.1, -0.05) is 19.0 Å². The zero-order valence-electron chi connectivity index (χ0n) is 19.0. The highest BCUT2D eigenvalue weighted by Gasteiger charge is 2.15. The van der Waals surface area contributed by atoms with Crippen LogP contribution in [0.25, 0.3) is 11.0 Å². The molecule has 8 heteroatoms. The molecule has 33 heavy (non-hydrogen) atoms. The number of carbonyl (C=O) groups is 1. The van der Waals surface area contributed by atoms with Gasteiger partial charge in [-0.15, -0.1) is 0 Å². The maximum absolute atomic E-state index is 12.2. The number of nitrogens with zero attached hydrogens (tertiary/aromatic N) is 1. The van der Waals surface area contributed by atoms with Crippen LogP contribution >= 0.6 is 0 Å². The van der Waals surface area contributed by atoms with Gasteiger partial charge in [0.15, 0.2) is 11.5 Å². The molecule has 2 heterocycles. The van der Waals surface area contributed by atoms with Gasteiger partial charge in [0.2, 0.25) is 13.4 Å². The monoisotopic (exact) mass is 451 g/mol. The fourth-order valence-corrected chi connectivity index (χ4v) is 3.69. The summed E-state index contributed by atoms with van der Waals surface area (Å²) in [5, 5.41) is 4.72. The molecule has 0 aliphatic carbocycles. The molecule has 1 aromatic heterocycles. The van der Waals surface area contributed by atoms with Crippen LogP contribution in [-0.2, 0) is 21.0 Å². The SMILES string of the molecule is C/C(=N\OCC(=O)OCc1cc(=O)oc2cc(C)c(C(C)C)cc12)c1ccc2c(c1)OCO2. The van der Waals surface area contributed by atoms with Gasteiger partial charge in [-0.2, -0.15) is 0 Å². The van der Waals surface area contributed by atoms with E-state index in [1.54, 1.807) is 19.1 Å². The average Bonchev–Trinajstić information content (AvgIpc) is 3.24. The van der Waals surface area contributed by atoms with Gasteiger partial charge in [-0.25, -0.2) is 9.59 Å². The minimum atomic E-state index is -0.602. The Morgan fingerprint density at radius 2 is 1.91 bits per heavy atom. The minimum Gasteiger partial charge on any atom is -0.458 e. The maximum Gasteiger partial charge on any atom is 0.347 e. The molecule has 2 aromatic carbocycles. The molecule has 0 fully saturated rings. The molecule has 4 rings (SSSR count). The first kappa shape index (κ1) is 22.4. The number of fused-ring (bicyclic) bond motifs is 2. The predicted molar refractivity (Wildman–Crippen MR) is 122 cm³/mol. The van der Waals surface area contributed by atoms with Crippen molar-refractivity contribution in [3.05, 3.63) is 69.1 Å². The number of benzene rings is 2. The fraction of sp³-hybridized carbons (Fsp3) is 0.320. The summed E-state index contributed by atoms with van der Waals surface area (Å²) in [7, 11) is 0. The standard InChI is InChI=1S/C25H25NO7/c1-14(2)19-10-20-18(9-24(27)33-22(20)7-15(19)3)11-29-25(28)12-32-26-16(4)17-5-6-21-23(8-17)31-13-30-21/h5-10,14H,11-13H2,1-4H3/b26-16+. The molecular weight excluding hydrogens is 426 g/mol. The number of ether oxygens (including phenoxy) is 3. The van der Waals surface area contributed by atoms with E-state index < -0.39 is 11.6 Å². The summed E-state index contributed by atoms with van der Waals surface area (Å²) in [4.78, 5) is 29.3. The van der Waals surface area contributed by atoms with Crippen molar-refractivity contribution in [3.63, 3.8) is 0 Å². The van der Waals surface area contributed by atoms with E-state index in [9.17, 15) is 9.59 Å². The van der Waals surface area contributed by atoms with Crippen LogP contribution in [-0.4, -0.2) is 25.1 Å². The van der Waals surface area contributed by atoms with Crippen LogP contribution in [0.15, 0.2) is 50.8 Å². The third-order valence-corrected chi connectivity index (χ3v) is 5.40. The molecule has 0 atom stereocenters. The summed E-state index contributed by atoms with van der Waals surface area (Å²) in [5.74, 6) is 1.01. The first-order valence-corrected chi connectivity index (χ1v) is 10.6. The molecule has 1 aliphatic heterocycles. The third kappa shape index (κ3) is 5.00. The smallest absolute Gasteiger partial charge is 0.347 e. The molecule has 0 N–H and O–H groups in total. The van der Waals surface area contributed by atoms with E-state index in [1.807, 2.05) is 25.1 Å². The van der Waals surface area contributed by atoms with Crippen molar-refractivity contribution in [2.24, 2.45) is 5.16 Å². The van der Waals surface area contributed by atoms with Crippen molar-refractivity contribution in [1.82, 2.24) is 0 Å². The number of rotatable bonds is 7. The molecule has 1 aliphatic rings. The Morgan fingerprint density at radius 1 is 1.12 bits per heavy atom. The molecule has 0 saturated carbocycles. The second-order valence-electron chi connectivity index (χ2n) is 8.13. The average molecular weight is 451 g/mol. The zero-order valence-corrected chi connectivity index (χ0v) is 19.0. The normalized spacial score (nSPS) is 12.9. The molecule has 0 bridgehead atoms. The Bertz CT molecular complexity index is 1290.